The van der Waals surface area contributed by atoms with E-state index in [0.717, 1.165) is 5.56 Å². The lowest BCUT2D eigenvalue weighted by Crippen LogP contribution is -2.16. The predicted octanol–water partition coefficient (Wildman–Crippen LogP) is 4.40. The first-order chi connectivity index (χ1) is 12.7. The highest BCUT2D eigenvalue weighted by Gasteiger charge is 2.15. The van der Waals surface area contributed by atoms with E-state index in [-0.39, 0.29) is 16.9 Å². The number of benzene rings is 2. The third kappa shape index (κ3) is 4.20. The highest BCUT2D eigenvalue weighted by molar-refractivity contribution is 5.97. The van der Waals surface area contributed by atoms with Gasteiger partial charge in [0.1, 0.15) is 5.58 Å². The van der Waals surface area contributed by atoms with Gasteiger partial charge in [-0.2, -0.15) is 5.10 Å². The van der Waals surface area contributed by atoms with Gasteiger partial charge in [-0.25, -0.2) is 5.43 Å². The summed E-state index contributed by atoms with van der Waals surface area (Å²) < 4.78 is 5.41. The second-order valence-corrected chi connectivity index (χ2v) is 7.16. The maximum Gasteiger partial charge on any atom is 0.307 e. The van der Waals surface area contributed by atoms with Crippen LogP contribution in [0.4, 0.5) is 5.69 Å². The minimum atomic E-state index is -0.531. The van der Waals surface area contributed by atoms with Gasteiger partial charge in [0.25, 0.3) is 5.69 Å². The normalized spacial score (nSPS) is 11.8. The largest absolute Gasteiger partial charge is 0.451 e. The molecule has 2 aromatic carbocycles. The van der Waals surface area contributed by atoms with Crippen LogP contribution in [0.25, 0.3) is 11.0 Å². The zero-order chi connectivity index (χ0) is 19.6. The quantitative estimate of drug-likeness (QED) is 0.421. The van der Waals surface area contributed by atoms with Crippen molar-refractivity contribution in [2.24, 2.45) is 5.10 Å². The summed E-state index contributed by atoms with van der Waals surface area (Å²) in [7, 11) is 0. The summed E-state index contributed by atoms with van der Waals surface area (Å²) in [6.45, 7) is 6.41. The molecule has 0 spiro atoms. The van der Waals surface area contributed by atoms with Gasteiger partial charge in [0.15, 0.2) is 5.76 Å². The predicted molar refractivity (Wildman–Crippen MR) is 103 cm³/mol. The molecule has 0 aliphatic heterocycles. The van der Waals surface area contributed by atoms with Crippen LogP contribution in [0.5, 0.6) is 0 Å². The number of nitrogens with zero attached hydrogens (tertiary/aromatic N) is 2. The molecule has 1 aromatic heterocycles. The minimum absolute atomic E-state index is 0.0331. The van der Waals surface area contributed by atoms with Crippen molar-refractivity contribution in [2.75, 3.05) is 0 Å². The number of furan rings is 1. The molecule has 27 heavy (non-hydrogen) atoms. The molecule has 0 aliphatic rings. The zero-order valence-electron chi connectivity index (χ0n) is 15.2. The van der Waals surface area contributed by atoms with Crippen molar-refractivity contribution in [2.45, 2.75) is 26.2 Å². The third-order valence-electron chi connectivity index (χ3n) is 4.09. The molecule has 3 rings (SSSR count). The Kier molecular flexibility index (Phi) is 4.77. The average Bonchev–Trinajstić information content (AvgIpc) is 3.04. The Morgan fingerprint density at radius 3 is 2.48 bits per heavy atom. The Bertz CT molecular complexity index is 1030. The van der Waals surface area contributed by atoms with E-state index in [1.165, 1.54) is 36.0 Å². The lowest BCUT2D eigenvalue weighted by molar-refractivity contribution is -0.384. The Balaban J connectivity index is 1.69. The van der Waals surface area contributed by atoms with Crippen molar-refractivity contribution in [3.8, 4) is 0 Å². The van der Waals surface area contributed by atoms with Crippen molar-refractivity contribution in [3.05, 3.63) is 75.5 Å². The monoisotopic (exact) mass is 365 g/mol. The van der Waals surface area contributed by atoms with Gasteiger partial charge in [0.2, 0.25) is 0 Å². The first-order valence-corrected chi connectivity index (χ1v) is 8.36. The molecule has 138 valence electrons. The molecule has 1 heterocycles. The molecule has 0 atom stereocenters. The van der Waals surface area contributed by atoms with Gasteiger partial charge in [0.05, 0.1) is 11.1 Å². The number of rotatable bonds is 4. The van der Waals surface area contributed by atoms with E-state index >= 15 is 0 Å². The van der Waals surface area contributed by atoms with Crippen molar-refractivity contribution in [3.63, 3.8) is 0 Å². The number of nitrogens with one attached hydrogen (secondary N) is 1. The molecule has 0 saturated heterocycles. The second-order valence-electron chi connectivity index (χ2n) is 7.16. The van der Waals surface area contributed by atoms with Crippen LogP contribution in [0.15, 0.2) is 58.0 Å². The summed E-state index contributed by atoms with van der Waals surface area (Å²) in [5.74, 6) is -0.498. The number of hydrogen-bond donors (Lipinski definition) is 1. The van der Waals surface area contributed by atoms with Crippen molar-refractivity contribution >= 4 is 28.8 Å². The summed E-state index contributed by atoms with van der Waals surface area (Å²) in [6.07, 6.45) is 1.54. The molecule has 0 unspecified atom stereocenters. The van der Waals surface area contributed by atoms with Crippen LogP contribution < -0.4 is 5.43 Å². The fraction of sp³-hybridized carbons (Fsp3) is 0.200. The molecule has 0 bridgehead atoms. The van der Waals surface area contributed by atoms with E-state index in [0.29, 0.717) is 11.0 Å². The molecule has 0 radical (unpaired) electrons. The lowest BCUT2D eigenvalue weighted by atomic mass is 9.87. The molecule has 7 nitrogen and oxygen atoms in total. The number of fused-ring (bicyclic) bond motifs is 1. The number of carbonyl (C=O) groups is 1. The van der Waals surface area contributed by atoms with Crippen LogP contribution in [0, 0.1) is 10.1 Å². The van der Waals surface area contributed by atoms with E-state index in [4.69, 9.17) is 4.42 Å². The van der Waals surface area contributed by atoms with E-state index < -0.39 is 10.8 Å². The van der Waals surface area contributed by atoms with Gasteiger partial charge in [-0.1, -0.05) is 45.0 Å². The molecule has 1 N–H and O–H groups in total. The summed E-state index contributed by atoms with van der Waals surface area (Å²) in [4.78, 5) is 22.5. The summed E-state index contributed by atoms with van der Waals surface area (Å²) in [5, 5.41) is 15.2. The van der Waals surface area contributed by atoms with Gasteiger partial charge in [-0.15, -0.1) is 0 Å². The van der Waals surface area contributed by atoms with Crippen molar-refractivity contribution in [1.29, 1.82) is 0 Å². The van der Waals surface area contributed by atoms with Crippen LogP contribution in [-0.4, -0.2) is 17.0 Å². The second kappa shape index (κ2) is 7.03. The number of carbonyl (C=O) groups excluding carboxylic acids is 1. The molecule has 1 amide bonds. The molecule has 0 saturated carbocycles. The minimum Gasteiger partial charge on any atom is -0.451 e. The van der Waals surface area contributed by atoms with Gasteiger partial charge < -0.3 is 4.42 Å². The first kappa shape index (κ1) is 18.3. The van der Waals surface area contributed by atoms with Crippen molar-refractivity contribution < 1.29 is 14.1 Å². The number of hydrogen-bond acceptors (Lipinski definition) is 5. The van der Waals surface area contributed by atoms with E-state index in [2.05, 4.69) is 31.3 Å². The Morgan fingerprint density at radius 1 is 1.15 bits per heavy atom. The average molecular weight is 365 g/mol. The molecule has 7 heteroatoms. The third-order valence-corrected chi connectivity index (χ3v) is 4.09. The van der Waals surface area contributed by atoms with Crippen LogP contribution in [0.3, 0.4) is 0 Å². The van der Waals surface area contributed by atoms with Crippen LogP contribution in [0.2, 0.25) is 0 Å². The van der Waals surface area contributed by atoms with Gasteiger partial charge >= 0.3 is 5.91 Å². The Hall–Kier alpha value is -3.48. The zero-order valence-corrected chi connectivity index (χ0v) is 15.2. The van der Waals surface area contributed by atoms with Crippen LogP contribution in [-0.2, 0) is 5.41 Å². The van der Waals surface area contributed by atoms with Crippen molar-refractivity contribution in [1.82, 2.24) is 5.43 Å². The maximum absolute atomic E-state index is 12.2. The molecule has 0 aliphatic carbocycles. The number of nitro benzene ring substituents is 1. The highest BCUT2D eigenvalue weighted by atomic mass is 16.6. The lowest BCUT2D eigenvalue weighted by Gasteiger charge is -2.18. The summed E-state index contributed by atoms with van der Waals surface area (Å²) >= 11 is 0. The van der Waals surface area contributed by atoms with Gasteiger partial charge in [-0.3, -0.25) is 14.9 Å². The highest BCUT2D eigenvalue weighted by Crippen LogP contribution is 2.24. The fourth-order valence-electron chi connectivity index (χ4n) is 2.55. The maximum atomic E-state index is 12.2. The van der Waals surface area contributed by atoms with Gasteiger partial charge in [-0.05, 0) is 28.7 Å². The SMILES string of the molecule is CC(C)(C)c1ccc(C=NNC(=O)c2cc3cc([N+](=O)[O-])ccc3o2)cc1. The van der Waals surface area contributed by atoms with Crippen LogP contribution in [0.1, 0.15) is 42.5 Å². The van der Waals surface area contributed by atoms with E-state index in [1.807, 2.05) is 24.3 Å². The number of hydrazone groups is 1. The molecule has 3 aromatic rings. The number of amides is 1. The van der Waals surface area contributed by atoms with Crippen LogP contribution >= 0.6 is 0 Å². The molecular weight excluding hydrogens is 346 g/mol. The molecule has 0 fully saturated rings. The topological polar surface area (TPSA) is 97.7 Å². The Labute approximate surface area is 155 Å². The smallest absolute Gasteiger partial charge is 0.307 e. The fourth-order valence-corrected chi connectivity index (χ4v) is 2.55. The standard InChI is InChI=1S/C20H19N3O4/c1-20(2,3)15-6-4-13(5-7-15)12-21-22-19(24)18-11-14-10-16(23(25)26)8-9-17(14)27-18/h4-12H,1-3H3,(H,22,24). The number of non-ortho nitro benzene ring substituents is 1. The van der Waals surface area contributed by atoms with E-state index in [9.17, 15) is 14.9 Å². The summed E-state index contributed by atoms with van der Waals surface area (Å²) in [5.41, 5.74) is 4.85. The Morgan fingerprint density at radius 2 is 1.85 bits per heavy atom. The van der Waals surface area contributed by atoms with Gasteiger partial charge in [0, 0.05) is 17.5 Å². The number of nitro groups is 1. The molecular formula is C20H19N3O4. The first-order valence-electron chi connectivity index (χ1n) is 8.36. The van der Waals surface area contributed by atoms with E-state index in [1.54, 1.807) is 0 Å². The summed E-state index contributed by atoms with van der Waals surface area (Å²) in [6, 6.07) is 13.5.